The zero-order valence-corrected chi connectivity index (χ0v) is 22.6. The normalized spacial score (nSPS) is 10.6. The summed E-state index contributed by atoms with van der Waals surface area (Å²) in [6, 6.07) is 37.0. The third-order valence-electron chi connectivity index (χ3n) is 5.57. The van der Waals surface area contributed by atoms with E-state index in [9.17, 15) is 0 Å². The number of benzene rings is 3. The van der Waals surface area contributed by atoms with Gasteiger partial charge in [-0.2, -0.15) is 0 Å². The van der Waals surface area contributed by atoms with Crippen LogP contribution in [0.5, 0.6) is 0 Å². The Morgan fingerprint density at radius 1 is 0.743 bits per heavy atom. The van der Waals surface area contributed by atoms with E-state index in [1.807, 2.05) is 66.7 Å². The molecule has 0 unspecified atom stereocenters. The monoisotopic (exact) mass is 633 g/mol. The molecule has 5 aromatic rings. The first-order valence-electron chi connectivity index (χ1n) is 11.4. The van der Waals surface area contributed by atoms with Gasteiger partial charge in [-0.1, -0.05) is 63.2 Å². The Hall–Kier alpha value is -3.39. The number of fused-ring (bicyclic) bond motifs is 1. The largest absolute Gasteiger partial charge is 0.305 e. The maximum absolute atomic E-state index is 4.64. The van der Waals surface area contributed by atoms with E-state index in [1.54, 1.807) is 6.20 Å². The molecule has 2 aromatic heterocycles. The fraction of sp³-hybridized carbons (Fsp3) is 0.125. The van der Waals surface area contributed by atoms with Gasteiger partial charge in [0.1, 0.15) is 0 Å². The molecule has 1 radical (unpaired) electrons. The van der Waals surface area contributed by atoms with E-state index < -0.39 is 0 Å². The van der Waals surface area contributed by atoms with E-state index in [0.717, 1.165) is 39.0 Å². The second-order valence-electron chi connectivity index (χ2n) is 9.09. The Morgan fingerprint density at radius 3 is 2.09 bits per heavy atom. The standard InChI is InChI=1S/C17H12N.C15H16N.Ir/c1-2-13-7-9-15(10-8-13)17-12-11-14-5-3-4-6-16(14)18-17;1-15(2,3)13-9-7-12(8-10-13)14-6-4-5-11-16-14;/h2-9,11-12H,1H2;4-7,9-11H,1-3H3;/q2*-1;. The molecule has 0 N–H and O–H groups in total. The summed E-state index contributed by atoms with van der Waals surface area (Å²) >= 11 is 0. The number of pyridine rings is 2. The SMILES string of the molecule is C=Cc1c[c-]c(-c2ccc3ccccc3n2)cc1.CC(C)(C)c1c[c-]c(-c2ccccn2)cc1.[Ir]. The smallest absolute Gasteiger partial charge is 0.0595 e. The average molecular weight is 633 g/mol. The molecule has 0 saturated carbocycles. The molecule has 0 amide bonds. The summed E-state index contributed by atoms with van der Waals surface area (Å²) in [5.41, 5.74) is 7.54. The Kier molecular flexibility index (Phi) is 8.87. The molecule has 0 bridgehead atoms. The van der Waals surface area contributed by atoms with E-state index >= 15 is 0 Å². The van der Waals surface area contributed by atoms with Crippen LogP contribution in [-0.2, 0) is 25.5 Å². The minimum atomic E-state index is 0. The Labute approximate surface area is 222 Å². The molecule has 35 heavy (non-hydrogen) atoms. The van der Waals surface area contributed by atoms with Crippen LogP contribution in [0.1, 0.15) is 31.9 Å². The van der Waals surface area contributed by atoms with Crippen molar-refractivity contribution >= 4 is 17.0 Å². The van der Waals surface area contributed by atoms with Gasteiger partial charge in [0.25, 0.3) is 0 Å². The molecule has 2 nitrogen and oxygen atoms in total. The van der Waals surface area contributed by atoms with E-state index in [2.05, 4.69) is 79.8 Å². The van der Waals surface area contributed by atoms with Gasteiger partial charge in [0.05, 0.1) is 5.52 Å². The molecule has 177 valence electrons. The second-order valence-corrected chi connectivity index (χ2v) is 9.09. The molecular weight excluding hydrogens is 605 g/mol. The Balaban J connectivity index is 0.000000192. The van der Waals surface area contributed by atoms with Crippen LogP contribution in [0, 0.1) is 12.1 Å². The Morgan fingerprint density at radius 2 is 1.46 bits per heavy atom. The fourth-order valence-electron chi connectivity index (χ4n) is 3.51. The van der Waals surface area contributed by atoms with E-state index in [-0.39, 0.29) is 25.5 Å². The van der Waals surface area contributed by atoms with Gasteiger partial charge in [-0.05, 0) is 34.3 Å². The quantitative estimate of drug-likeness (QED) is 0.188. The van der Waals surface area contributed by atoms with Crippen molar-refractivity contribution in [1.82, 2.24) is 9.97 Å². The third-order valence-corrected chi connectivity index (χ3v) is 5.57. The van der Waals surface area contributed by atoms with Gasteiger partial charge in [-0.15, -0.1) is 83.4 Å². The number of hydrogen-bond donors (Lipinski definition) is 0. The van der Waals surface area contributed by atoms with Gasteiger partial charge in [-0.25, -0.2) is 0 Å². The fourth-order valence-corrected chi connectivity index (χ4v) is 3.51. The van der Waals surface area contributed by atoms with Crippen molar-refractivity contribution in [2.45, 2.75) is 26.2 Å². The predicted octanol–water partition coefficient (Wildman–Crippen LogP) is 8.19. The summed E-state index contributed by atoms with van der Waals surface area (Å²) in [5, 5.41) is 1.16. The van der Waals surface area contributed by atoms with Crippen molar-refractivity contribution in [2.24, 2.45) is 0 Å². The summed E-state index contributed by atoms with van der Waals surface area (Å²) in [6.45, 7) is 10.4. The molecule has 3 heteroatoms. The molecule has 0 spiro atoms. The third kappa shape index (κ3) is 6.82. The maximum Gasteiger partial charge on any atom is 0.0595 e. The first-order valence-corrected chi connectivity index (χ1v) is 11.4. The maximum atomic E-state index is 4.64. The van der Waals surface area contributed by atoms with E-state index in [4.69, 9.17) is 0 Å². The number of rotatable bonds is 3. The van der Waals surface area contributed by atoms with Crippen LogP contribution in [0.2, 0.25) is 0 Å². The van der Waals surface area contributed by atoms with Crippen molar-refractivity contribution in [3.8, 4) is 22.5 Å². The average Bonchev–Trinajstić information content (AvgIpc) is 2.89. The minimum Gasteiger partial charge on any atom is -0.305 e. The van der Waals surface area contributed by atoms with E-state index in [1.165, 1.54) is 5.56 Å². The van der Waals surface area contributed by atoms with Crippen molar-refractivity contribution in [1.29, 1.82) is 0 Å². The second kappa shape index (κ2) is 11.8. The molecule has 0 atom stereocenters. The molecule has 0 aliphatic carbocycles. The van der Waals surface area contributed by atoms with Crippen LogP contribution < -0.4 is 0 Å². The molecule has 0 aliphatic rings. The zero-order valence-electron chi connectivity index (χ0n) is 20.2. The van der Waals surface area contributed by atoms with Gasteiger partial charge in [0.2, 0.25) is 0 Å². The summed E-state index contributed by atoms with van der Waals surface area (Å²) in [4.78, 5) is 8.95. The summed E-state index contributed by atoms with van der Waals surface area (Å²) in [6.07, 6.45) is 3.62. The van der Waals surface area contributed by atoms with Gasteiger partial charge < -0.3 is 4.98 Å². The molecule has 0 saturated heterocycles. The van der Waals surface area contributed by atoms with Crippen LogP contribution in [0.15, 0.2) is 104 Å². The van der Waals surface area contributed by atoms with E-state index in [0.29, 0.717) is 0 Å². The molecule has 3 aromatic carbocycles. The topological polar surface area (TPSA) is 25.8 Å². The van der Waals surface area contributed by atoms with Crippen LogP contribution in [0.25, 0.3) is 39.5 Å². The van der Waals surface area contributed by atoms with Crippen LogP contribution >= 0.6 is 0 Å². The number of aromatic nitrogens is 2. The summed E-state index contributed by atoms with van der Waals surface area (Å²) in [5.74, 6) is 0. The molecule has 0 fully saturated rings. The first-order chi connectivity index (χ1) is 16.4. The van der Waals surface area contributed by atoms with Crippen molar-refractivity contribution in [3.05, 3.63) is 127 Å². The number of hydrogen-bond acceptors (Lipinski definition) is 2. The van der Waals surface area contributed by atoms with Gasteiger partial charge in [0, 0.05) is 26.3 Å². The zero-order chi connectivity index (χ0) is 24.0. The molecule has 2 heterocycles. The van der Waals surface area contributed by atoms with Crippen molar-refractivity contribution in [2.75, 3.05) is 0 Å². The van der Waals surface area contributed by atoms with Crippen LogP contribution in [0.4, 0.5) is 0 Å². The molecular formula is C32H28IrN2-2. The Bertz CT molecular complexity index is 1370. The predicted molar refractivity (Wildman–Crippen MR) is 143 cm³/mol. The molecule has 0 aliphatic heterocycles. The summed E-state index contributed by atoms with van der Waals surface area (Å²) in [7, 11) is 0. The van der Waals surface area contributed by atoms with Gasteiger partial charge in [0.15, 0.2) is 0 Å². The minimum absolute atomic E-state index is 0. The number of para-hydroxylation sites is 1. The molecule has 5 rings (SSSR count). The van der Waals surface area contributed by atoms with Gasteiger partial charge >= 0.3 is 0 Å². The van der Waals surface area contributed by atoms with Crippen molar-refractivity contribution < 1.29 is 20.1 Å². The van der Waals surface area contributed by atoms with Crippen molar-refractivity contribution in [3.63, 3.8) is 0 Å². The first kappa shape index (κ1) is 26.2. The number of nitrogens with zero attached hydrogens (tertiary/aromatic N) is 2. The van der Waals surface area contributed by atoms with Gasteiger partial charge in [-0.3, -0.25) is 4.98 Å². The summed E-state index contributed by atoms with van der Waals surface area (Å²) < 4.78 is 0. The van der Waals surface area contributed by atoms with Crippen LogP contribution in [-0.4, -0.2) is 9.97 Å². The van der Waals surface area contributed by atoms with Crippen LogP contribution in [0.3, 0.4) is 0 Å².